The van der Waals surface area contributed by atoms with E-state index in [9.17, 15) is 4.39 Å². The highest BCUT2D eigenvalue weighted by Crippen LogP contribution is 2.23. The molecule has 4 aromatic rings. The first-order valence-corrected chi connectivity index (χ1v) is 10.0. The van der Waals surface area contributed by atoms with Gasteiger partial charge in [0.25, 0.3) is 0 Å². The Balaban J connectivity index is 1.35. The normalized spacial score (nSPS) is 14.8. The SMILES string of the molecule is Fc1cccc(-c2cccc3nc(Nc4ccc(CN5CCOCC5)cc4)nn23)c1. The highest BCUT2D eigenvalue weighted by atomic mass is 19.1. The zero-order valence-electron chi connectivity index (χ0n) is 16.5. The summed E-state index contributed by atoms with van der Waals surface area (Å²) in [6.07, 6.45) is 0. The molecule has 30 heavy (non-hydrogen) atoms. The minimum Gasteiger partial charge on any atom is -0.379 e. The summed E-state index contributed by atoms with van der Waals surface area (Å²) < 4.78 is 20.8. The molecule has 0 radical (unpaired) electrons. The minimum absolute atomic E-state index is 0.278. The molecular formula is C23H22FN5O. The van der Waals surface area contributed by atoms with Crippen molar-refractivity contribution in [3.63, 3.8) is 0 Å². The standard InChI is InChI=1S/C23H22FN5O/c24-19-4-1-3-18(15-19)21-5-2-6-22-26-23(27-29(21)22)25-20-9-7-17(8-10-20)16-28-11-13-30-14-12-28/h1-10,15H,11-14,16H2,(H,25,27). The van der Waals surface area contributed by atoms with Crippen LogP contribution < -0.4 is 5.32 Å². The Labute approximate surface area is 173 Å². The lowest BCUT2D eigenvalue weighted by Crippen LogP contribution is -2.35. The van der Waals surface area contributed by atoms with Gasteiger partial charge in [0, 0.05) is 30.9 Å². The molecule has 0 unspecified atom stereocenters. The Morgan fingerprint density at radius 1 is 0.967 bits per heavy atom. The number of morpholine rings is 1. The van der Waals surface area contributed by atoms with Crippen LogP contribution in [-0.2, 0) is 11.3 Å². The van der Waals surface area contributed by atoms with Gasteiger partial charge in [-0.1, -0.05) is 30.3 Å². The average Bonchev–Trinajstić information content (AvgIpc) is 3.18. The summed E-state index contributed by atoms with van der Waals surface area (Å²) in [5.41, 5.74) is 4.42. The van der Waals surface area contributed by atoms with Crippen LogP contribution in [0.3, 0.4) is 0 Å². The van der Waals surface area contributed by atoms with Gasteiger partial charge in [-0.05, 0) is 42.0 Å². The first-order valence-electron chi connectivity index (χ1n) is 10.0. The zero-order chi connectivity index (χ0) is 20.3. The molecule has 0 amide bonds. The van der Waals surface area contributed by atoms with Crippen molar-refractivity contribution < 1.29 is 9.13 Å². The van der Waals surface area contributed by atoms with E-state index < -0.39 is 0 Å². The van der Waals surface area contributed by atoms with Gasteiger partial charge >= 0.3 is 0 Å². The molecule has 1 N–H and O–H groups in total. The number of benzene rings is 2. The number of ether oxygens (including phenoxy) is 1. The van der Waals surface area contributed by atoms with Crippen LogP contribution in [0.5, 0.6) is 0 Å². The molecule has 1 fully saturated rings. The van der Waals surface area contributed by atoms with Crippen molar-refractivity contribution in [2.45, 2.75) is 6.54 Å². The number of anilines is 2. The second kappa shape index (κ2) is 8.22. The molecule has 1 aliphatic heterocycles. The van der Waals surface area contributed by atoms with Crippen molar-refractivity contribution in [1.82, 2.24) is 19.5 Å². The lowest BCUT2D eigenvalue weighted by molar-refractivity contribution is 0.0342. The molecule has 3 heterocycles. The van der Waals surface area contributed by atoms with E-state index in [1.807, 2.05) is 36.4 Å². The van der Waals surface area contributed by atoms with Crippen LogP contribution >= 0.6 is 0 Å². The fourth-order valence-corrected chi connectivity index (χ4v) is 3.66. The van der Waals surface area contributed by atoms with Crippen LogP contribution in [-0.4, -0.2) is 45.8 Å². The Morgan fingerprint density at radius 2 is 1.77 bits per heavy atom. The Bertz CT molecular complexity index is 1150. The average molecular weight is 403 g/mol. The van der Waals surface area contributed by atoms with E-state index in [0.29, 0.717) is 11.6 Å². The summed E-state index contributed by atoms with van der Waals surface area (Å²) in [7, 11) is 0. The number of pyridine rings is 1. The van der Waals surface area contributed by atoms with E-state index >= 15 is 0 Å². The molecule has 0 atom stereocenters. The number of hydrogen-bond acceptors (Lipinski definition) is 5. The molecule has 0 aliphatic carbocycles. The molecule has 0 spiro atoms. The van der Waals surface area contributed by atoms with Crippen LogP contribution in [0.2, 0.25) is 0 Å². The summed E-state index contributed by atoms with van der Waals surface area (Å²) in [5.74, 6) is 0.222. The van der Waals surface area contributed by atoms with Gasteiger partial charge in [0.05, 0.1) is 18.9 Å². The molecule has 152 valence electrons. The van der Waals surface area contributed by atoms with Crippen LogP contribution in [0.15, 0.2) is 66.7 Å². The molecule has 0 bridgehead atoms. The maximum absolute atomic E-state index is 13.7. The topological polar surface area (TPSA) is 54.7 Å². The lowest BCUT2D eigenvalue weighted by atomic mass is 10.1. The van der Waals surface area contributed by atoms with Gasteiger partial charge in [-0.25, -0.2) is 8.91 Å². The summed E-state index contributed by atoms with van der Waals surface area (Å²) in [4.78, 5) is 6.95. The number of halogens is 1. The van der Waals surface area contributed by atoms with Gasteiger partial charge in [0.15, 0.2) is 5.65 Å². The number of nitrogens with one attached hydrogen (secondary N) is 1. The molecule has 0 saturated carbocycles. The second-order valence-corrected chi connectivity index (χ2v) is 7.34. The monoisotopic (exact) mass is 403 g/mol. The zero-order valence-corrected chi connectivity index (χ0v) is 16.5. The summed E-state index contributed by atoms with van der Waals surface area (Å²) >= 11 is 0. The third-order valence-corrected chi connectivity index (χ3v) is 5.20. The number of rotatable bonds is 5. The molecule has 2 aromatic carbocycles. The maximum Gasteiger partial charge on any atom is 0.247 e. The van der Waals surface area contributed by atoms with E-state index in [-0.39, 0.29) is 5.82 Å². The number of aromatic nitrogens is 3. The Morgan fingerprint density at radius 3 is 2.57 bits per heavy atom. The number of hydrogen-bond donors (Lipinski definition) is 1. The minimum atomic E-state index is -0.278. The van der Waals surface area contributed by atoms with Gasteiger partial charge in [-0.15, -0.1) is 5.10 Å². The Hall–Kier alpha value is -3.29. The molecule has 5 rings (SSSR count). The smallest absolute Gasteiger partial charge is 0.247 e. The molecule has 1 aliphatic rings. The Kier molecular flexibility index (Phi) is 5.13. The first kappa shape index (κ1) is 18.7. The van der Waals surface area contributed by atoms with E-state index in [2.05, 4.69) is 32.4 Å². The molecule has 2 aromatic heterocycles. The largest absolute Gasteiger partial charge is 0.379 e. The van der Waals surface area contributed by atoms with Gasteiger partial charge in [0.1, 0.15) is 5.82 Å². The third-order valence-electron chi connectivity index (χ3n) is 5.20. The van der Waals surface area contributed by atoms with E-state index in [1.165, 1.54) is 17.7 Å². The predicted molar refractivity (Wildman–Crippen MR) is 114 cm³/mol. The molecule has 7 heteroatoms. The van der Waals surface area contributed by atoms with Crippen LogP contribution in [0, 0.1) is 5.82 Å². The lowest BCUT2D eigenvalue weighted by Gasteiger charge is -2.26. The van der Waals surface area contributed by atoms with E-state index in [4.69, 9.17) is 4.74 Å². The van der Waals surface area contributed by atoms with Crippen LogP contribution in [0.1, 0.15) is 5.56 Å². The highest BCUT2D eigenvalue weighted by molar-refractivity contribution is 5.64. The van der Waals surface area contributed by atoms with Crippen molar-refractivity contribution in [2.75, 3.05) is 31.6 Å². The summed E-state index contributed by atoms with van der Waals surface area (Å²) in [6, 6.07) is 20.5. The quantitative estimate of drug-likeness (QED) is 0.544. The van der Waals surface area contributed by atoms with Gasteiger partial charge in [-0.2, -0.15) is 4.98 Å². The summed E-state index contributed by atoms with van der Waals surface area (Å²) in [6.45, 7) is 4.47. The maximum atomic E-state index is 13.7. The van der Waals surface area contributed by atoms with Gasteiger partial charge < -0.3 is 10.1 Å². The highest BCUT2D eigenvalue weighted by Gasteiger charge is 2.12. The fourth-order valence-electron chi connectivity index (χ4n) is 3.66. The molecular weight excluding hydrogens is 381 g/mol. The molecule has 6 nitrogen and oxygen atoms in total. The van der Waals surface area contributed by atoms with Crippen molar-refractivity contribution in [2.24, 2.45) is 0 Å². The van der Waals surface area contributed by atoms with E-state index in [0.717, 1.165) is 49.8 Å². The first-order chi connectivity index (χ1) is 14.7. The van der Waals surface area contributed by atoms with Crippen molar-refractivity contribution in [3.8, 4) is 11.3 Å². The van der Waals surface area contributed by atoms with Crippen LogP contribution in [0.4, 0.5) is 16.0 Å². The fraction of sp³-hybridized carbons (Fsp3) is 0.217. The van der Waals surface area contributed by atoms with Gasteiger partial charge in [0.2, 0.25) is 5.95 Å². The van der Waals surface area contributed by atoms with Crippen LogP contribution in [0.25, 0.3) is 16.9 Å². The van der Waals surface area contributed by atoms with E-state index in [1.54, 1.807) is 10.6 Å². The van der Waals surface area contributed by atoms with Crippen molar-refractivity contribution in [1.29, 1.82) is 0 Å². The molecule has 1 saturated heterocycles. The predicted octanol–water partition coefficient (Wildman–Crippen LogP) is 4.11. The number of fused-ring (bicyclic) bond motifs is 1. The van der Waals surface area contributed by atoms with Crippen molar-refractivity contribution >= 4 is 17.3 Å². The summed E-state index contributed by atoms with van der Waals surface area (Å²) in [5, 5.41) is 7.84. The third kappa shape index (κ3) is 4.03. The van der Waals surface area contributed by atoms with Crippen molar-refractivity contribution in [3.05, 3.63) is 78.1 Å². The van der Waals surface area contributed by atoms with Gasteiger partial charge in [-0.3, -0.25) is 4.90 Å². The second-order valence-electron chi connectivity index (χ2n) is 7.34. The number of nitrogens with zero attached hydrogens (tertiary/aromatic N) is 4.